The summed E-state index contributed by atoms with van der Waals surface area (Å²) in [6.07, 6.45) is 4.36. The number of anilines is 2. The van der Waals surface area contributed by atoms with Crippen LogP contribution in [0.5, 0.6) is 0 Å². The summed E-state index contributed by atoms with van der Waals surface area (Å²) in [6, 6.07) is 7.36. The van der Waals surface area contributed by atoms with Gasteiger partial charge in [-0.25, -0.2) is 0 Å². The molecule has 1 saturated carbocycles. The van der Waals surface area contributed by atoms with Gasteiger partial charge in [0.15, 0.2) is 0 Å². The van der Waals surface area contributed by atoms with Gasteiger partial charge in [0.05, 0.1) is 17.8 Å². The van der Waals surface area contributed by atoms with Crippen LogP contribution < -0.4 is 5.32 Å². The first kappa shape index (κ1) is 15.7. The van der Waals surface area contributed by atoms with Crippen LogP contribution in [0.4, 0.5) is 11.4 Å². The molecule has 2 aliphatic rings. The number of aromatic nitrogens is 2. The van der Waals surface area contributed by atoms with Gasteiger partial charge < -0.3 is 15.3 Å². The number of carboxylic acid groups (broad SMARTS) is 1. The van der Waals surface area contributed by atoms with Crippen molar-refractivity contribution in [1.29, 1.82) is 0 Å². The number of carboxylic acids is 1. The van der Waals surface area contributed by atoms with Crippen LogP contribution in [-0.2, 0) is 11.8 Å². The third-order valence-corrected chi connectivity index (χ3v) is 5.17. The first-order valence-electron chi connectivity index (χ1n) is 8.41. The Kier molecular flexibility index (Phi) is 3.71. The molecule has 2 heterocycles. The van der Waals surface area contributed by atoms with E-state index in [4.69, 9.17) is 0 Å². The van der Waals surface area contributed by atoms with Crippen molar-refractivity contribution in [2.45, 2.75) is 6.42 Å². The van der Waals surface area contributed by atoms with Gasteiger partial charge in [-0.1, -0.05) is 6.07 Å². The van der Waals surface area contributed by atoms with E-state index in [1.807, 2.05) is 31.4 Å². The first-order valence-corrected chi connectivity index (χ1v) is 8.41. The Hall–Kier alpha value is -2.83. The second-order valence-electron chi connectivity index (χ2n) is 6.84. The SMILES string of the molecule is Cn1cc(Nc2cccc(C(=O)N3CC[C@H]4[C@@H](C3)[C@H]4C(=O)O)c2)cn1. The van der Waals surface area contributed by atoms with Crippen molar-refractivity contribution in [2.75, 3.05) is 18.4 Å². The van der Waals surface area contributed by atoms with Crippen LogP contribution in [0.3, 0.4) is 0 Å². The van der Waals surface area contributed by atoms with Crippen molar-refractivity contribution in [3.8, 4) is 0 Å². The molecule has 1 aliphatic heterocycles. The minimum absolute atomic E-state index is 0.0377. The fourth-order valence-corrected chi connectivity index (χ4v) is 3.85. The second-order valence-corrected chi connectivity index (χ2v) is 6.84. The molecule has 2 aromatic rings. The Morgan fingerprint density at radius 3 is 2.84 bits per heavy atom. The van der Waals surface area contributed by atoms with Gasteiger partial charge in [0.2, 0.25) is 0 Å². The summed E-state index contributed by atoms with van der Waals surface area (Å²) in [5, 5.41) is 16.5. The van der Waals surface area contributed by atoms with E-state index in [1.165, 1.54) is 0 Å². The number of carbonyl (C=O) groups is 2. The molecule has 1 amide bonds. The number of benzene rings is 1. The van der Waals surface area contributed by atoms with E-state index in [9.17, 15) is 14.7 Å². The minimum Gasteiger partial charge on any atom is -0.481 e. The average molecular weight is 340 g/mol. The van der Waals surface area contributed by atoms with Gasteiger partial charge in [-0.2, -0.15) is 5.10 Å². The second kappa shape index (κ2) is 5.91. The third kappa shape index (κ3) is 2.97. The molecule has 1 aromatic heterocycles. The number of nitrogens with one attached hydrogen (secondary N) is 1. The molecular weight excluding hydrogens is 320 g/mol. The van der Waals surface area contributed by atoms with Gasteiger partial charge in [0, 0.05) is 37.6 Å². The summed E-state index contributed by atoms with van der Waals surface area (Å²) in [5.74, 6) is -0.667. The number of piperidine rings is 1. The molecule has 0 bridgehead atoms. The molecule has 0 radical (unpaired) electrons. The predicted octanol–water partition coefficient (Wildman–Crippen LogP) is 1.96. The molecular formula is C18H20N4O3. The molecule has 130 valence electrons. The number of aliphatic carboxylic acids is 1. The van der Waals surface area contributed by atoms with E-state index in [-0.39, 0.29) is 23.7 Å². The molecule has 25 heavy (non-hydrogen) atoms. The molecule has 0 spiro atoms. The van der Waals surface area contributed by atoms with E-state index in [0.29, 0.717) is 18.7 Å². The Bertz CT molecular complexity index is 831. The lowest BCUT2D eigenvalue weighted by atomic mass is 10.1. The van der Waals surface area contributed by atoms with Crippen LogP contribution in [0, 0.1) is 17.8 Å². The number of hydrogen-bond acceptors (Lipinski definition) is 4. The van der Waals surface area contributed by atoms with Crippen LogP contribution >= 0.6 is 0 Å². The molecule has 0 unspecified atom stereocenters. The zero-order valence-electron chi connectivity index (χ0n) is 13.9. The topological polar surface area (TPSA) is 87.5 Å². The van der Waals surface area contributed by atoms with E-state index in [2.05, 4.69) is 10.4 Å². The molecule has 1 aliphatic carbocycles. The van der Waals surface area contributed by atoms with Crippen LogP contribution in [-0.4, -0.2) is 44.8 Å². The zero-order chi connectivity index (χ0) is 17.6. The number of carbonyl (C=O) groups excluding carboxylic acids is 1. The van der Waals surface area contributed by atoms with Gasteiger partial charge in [0.1, 0.15) is 0 Å². The molecule has 7 heteroatoms. The lowest BCUT2D eigenvalue weighted by Gasteiger charge is -2.26. The average Bonchev–Trinajstić information content (AvgIpc) is 3.20. The van der Waals surface area contributed by atoms with Gasteiger partial charge in [-0.15, -0.1) is 0 Å². The van der Waals surface area contributed by atoms with Gasteiger partial charge in [-0.3, -0.25) is 14.3 Å². The number of nitrogens with zero attached hydrogens (tertiary/aromatic N) is 3. The lowest BCUT2D eigenvalue weighted by molar-refractivity contribution is -0.139. The van der Waals surface area contributed by atoms with Crippen molar-refractivity contribution >= 4 is 23.3 Å². The number of aryl methyl sites for hydroxylation is 1. The lowest BCUT2D eigenvalue weighted by Crippen LogP contribution is -2.37. The Morgan fingerprint density at radius 1 is 1.28 bits per heavy atom. The number of hydrogen-bond donors (Lipinski definition) is 2. The summed E-state index contributed by atoms with van der Waals surface area (Å²) >= 11 is 0. The maximum Gasteiger partial charge on any atom is 0.307 e. The van der Waals surface area contributed by atoms with E-state index >= 15 is 0 Å². The Morgan fingerprint density at radius 2 is 2.12 bits per heavy atom. The van der Waals surface area contributed by atoms with Gasteiger partial charge in [-0.05, 0) is 36.5 Å². The van der Waals surface area contributed by atoms with Gasteiger partial charge in [0.25, 0.3) is 5.91 Å². The summed E-state index contributed by atoms with van der Waals surface area (Å²) in [6.45, 7) is 1.17. The highest BCUT2D eigenvalue weighted by atomic mass is 16.4. The van der Waals surface area contributed by atoms with E-state index in [0.717, 1.165) is 17.8 Å². The van der Waals surface area contributed by atoms with Crippen molar-refractivity contribution in [3.05, 3.63) is 42.2 Å². The highest BCUT2D eigenvalue weighted by Gasteiger charge is 2.57. The quantitative estimate of drug-likeness (QED) is 0.888. The van der Waals surface area contributed by atoms with Crippen molar-refractivity contribution in [1.82, 2.24) is 14.7 Å². The Balaban J connectivity index is 1.45. The summed E-state index contributed by atoms with van der Waals surface area (Å²) in [5.41, 5.74) is 2.29. The summed E-state index contributed by atoms with van der Waals surface area (Å²) in [7, 11) is 1.84. The molecule has 1 aromatic carbocycles. The first-order chi connectivity index (χ1) is 12.0. The summed E-state index contributed by atoms with van der Waals surface area (Å²) in [4.78, 5) is 25.7. The predicted molar refractivity (Wildman–Crippen MR) is 91.6 cm³/mol. The molecule has 1 saturated heterocycles. The van der Waals surface area contributed by atoms with E-state index < -0.39 is 5.97 Å². The number of rotatable bonds is 4. The van der Waals surface area contributed by atoms with Crippen LogP contribution in [0.25, 0.3) is 0 Å². The highest BCUT2D eigenvalue weighted by Crippen LogP contribution is 2.51. The molecule has 3 atom stereocenters. The molecule has 7 nitrogen and oxygen atoms in total. The fourth-order valence-electron chi connectivity index (χ4n) is 3.85. The van der Waals surface area contributed by atoms with Crippen LogP contribution in [0.1, 0.15) is 16.8 Å². The fraction of sp³-hybridized carbons (Fsp3) is 0.389. The van der Waals surface area contributed by atoms with Crippen LogP contribution in [0.2, 0.25) is 0 Å². The number of amides is 1. The summed E-state index contributed by atoms with van der Waals surface area (Å²) < 4.78 is 1.70. The van der Waals surface area contributed by atoms with Crippen molar-refractivity contribution in [3.63, 3.8) is 0 Å². The van der Waals surface area contributed by atoms with Crippen molar-refractivity contribution in [2.24, 2.45) is 24.8 Å². The zero-order valence-corrected chi connectivity index (χ0v) is 13.9. The maximum absolute atomic E-state index is 12.8. The maximum atomic E-state index is 12.8. The Labute approximate surface area is 145 Å². The monoisotopic (exact) mass is 340 g/mol. The molecule has 2 N–H and O–H groups in total. The third-order valence-electron chi connectivity index (χ3n) is 5.17. The van der Waals surface area contributed by atoms with Crippen molar-refractivity contribution < 1.29 is 14.7 Å². The number of fused-ring (bicyclic) bond motifs is 1. The van der Waals surface area contributed by atoms with Gasteiger partial charge >= 0.3 is 5.97 Å². The molecule has 4 rings (SSSR count). The highest BCUT2D eigenvalue weighted by molar-refractivity contribution is 5.95. The van der Waals surface area contributed by atoms with E-state index in [1.54, 1.807) is 21.8 Å². The normalized spacial score (nSPS) is 24.5. The minimum atomic E-state index is -0.730. The standard InChI is InChI=1S/C18H20N4O3/c1-21-9-13(8-19-21)20-12-4-2-3-11(7-12)17(23)22-6-5-14-15(10-22)16(14)18(24)25/h2-4,7-9,14-16,20H,5-6,10H2,1H3,(H,24,25)/t14-,15+,16-/m0/s1. The smallest absolute Gasteiger partial charge is 0.307 e. The van der Waals surface area contributed by atoms with Crippen LogP contribution in [0.15, 0.2) is 36.7 Å². The molecule has 2 fully saturated rings. The number of likely N-dealkylation sites (tertiary alicyclic amines) is 1. The largest absolute Gasteiger partial charge is 0.481 e.